The SMILES string of the molecule is CCC(C)C(NC(=O)C(C(C)C)N1CCCC(C)C1)C(=O)O. The van der Waals surface area contributed by atoms with Gasteiger partial charge in [-0.1, -0.05) is 41.0 Å². The van der Waals surface area contributed by atoms with Crippen molar-refractivity contribution in [2.45, 2.75) is 66.0 Å². The van der Waals surface area contributed by atoms with Gasteiger partial charge in [-0.25, -0.2) is 4.79 Å². The van der Waals surface area contributed by atoms with Crippen LogP contribution in [0.15, 0.2) is 0 Å². The van der Waals surface area contributed by atoms with Crippen molar-refractivity contribution in [3.8, 4) is 0 Å². The number of hydrogen-bond acceptors (Lipinski definition) is 3. The molecule has 1 fully saturated rings. The highest BCUT2D eigenvalue weighted by molar-refractivity contribution is 5.87. The lowest BCUT2D eigenvalue weighted by molar-refractivity contribution is -0.144. The molecule has 1 aliphatic rings. The van der Waals surface area contributed by atoms with E-state index in [9.17, 15) is 14.7 Å². The van der Waals surface area contributed by atoms with Gasteiger partial charge in [-0.15, -0.1) is 0 Å². The second kappa shape index (κ2) is 8.51. The van der Waals surface area contributed by atoms with Crippen molar-refractivity contribution in [3.05, 3.63) is 0 Å². The smallest absolute Gasteiger partial charge is 0.326 e. The van der Waals surface area contributed by atoms with E-state index in [1.54, 1.807) is 0 Å². The van der Waals surface area contributed by atoms with E-state index in [0.29, 0.717) is 5.92 Å². The van der Waals surface area contributed by atoms with E-state index in [2.05, 4.69) is 17.1 Å². The van der Waals surface area contributed by atoms with Crippen LogP contribution in [-0.2, 0) is 9.59 Å². The Labute approximate surface area is 134 Å². The standard InChI is InChI=1S/C17H32N2O3/c1-6-13(5)14(17(21)22)18-16(20)15(11(2)3)19-9-7-8-12(4)10-19/h11-15H,6-10H2,1-5H3,(H,18,20)(H,21,22). The fraction of sp³-hybridized carbons (Fsp3) is 0.882. The fourth-order valence-corrected chi connectivity index (χ4v) is 3.29. The van der Waals surface area contributed by atoms with Crippen molar-refractivity contribution < 1.29 is 14.7 Å². The molecule has 5 nitrogen and oxygen atoms in total. The summed E-state index contributed by atoms with van der Waals surface area (Å²) in [5.74, 6) is -0.409. The Morgan fingerprint density at radius 1 is 1.32 bits per heavy atom. The molecule has 0 aliphatic carbocycles. The minimum Gasteiger partial charge on any atom is -0.480 e. The predicted molar refractivity (Wildman–Crippen MR) is 87.6 cm³/mol. The van der Waals surface area contributed by atoms with Crippen LogP contribution in [0.3, 0.4) is 0 Å². The molecule has 0 aromatic carbocycles. The molecule has 2 N–H and O–H groups in total. The highest BCUT2D eigenvalue weighted by Gasteiger charge is 2.34. The molecule has 0 bridgehead atoms. The van der Waals surface area contributed by atoms with Crippen LogP contribution in [-0.4, -0.2) is 47.1 Å². The zero-order chi connectivity index (χ0) is 16.9. The molecule has 1 aliphatic heterocycles. The van der Waals surface area contributed by atoms with Gasteiger partial charge in [-0.3, -0.25) is 9.69 Å². The first-order valence-corrected chi connectivity index (χ1v) is 8.55. The highest BCUT2D eigenvalue weighted by Crippen LogP contribution is 2.22. The first kappa shape index (κ1) is 18.9. The van der Waals surface area contributed by atoms with Gasteiger partial charge in [0, 0.05) is 6.54 Å². The molecule has 0 aromatic heterocycles. The Balaban J connectivity index is 2.82. The van der Waals surface area contributed by atoms with Crippen LogP contribution >= 0.6 is 0 Å². The van der Waals surface area contributed by atoms with Gasteiger partial charge in [0.05, 0.1) is 6.04 Å². The zero-order valence-corrected chi connectivity index (χ0v) is 14.6. The first-order valence-electron chi connectivity index (χ1n) is 8.55. The average molecular weight is 312 g/mol. The lowest BCUT2D eigenvalue weighted by Crippen LogP contribution is -2.56. The Hall–Kier alpha value is -1.10. The van der Waals surface area contributed by atoms with Crippen LogP contribution in [0.1, 0.15) is 53.9 Å². The molecule has 1 rings (SSSR count). The summed E-state index contributed by atoms with van der Waals surface area (Å²) in [6, 6.07) is -1.05. The largest absolute Gasteiger partial charge is 0.480 e. The molecule has 1 amide bonds. The third-order valence-electron chi connectivity index (χ3n) is 4.76. The average Bonchev–Trinajstić information content (AvgIpc) is 2.43. The molecule has 4 unspecified atom stereocenters. The molecule has 0 saturated carbocycles. The molecule has 22 heavy (non-hydrogen) atoms. The van der Waals surface area contributed by atoms with E-state index >= 15 is 0 Å². The number of piperidine rings is 1. The minimum absolute atomic E-state index is 0.0745. The molecule has 128 valence electrons. The number of aliphatic carboxylic acids is 1. The van der Waals surface area contributed by atoms with Gasteiger partial charge in [0.2, 0.25) is 5.91 Å². The molecular formula is C17H32N2O3. The lowest BCUT2D eigenvalue weighted by Gasteiger charge is -2.39. The number of rotatable bonds is 7. The summed E-state index contributed by atoms with van der Waals surface area (Å²) >= 11 is 0. The van der Waals surface area contributed by atoms with Crippen molar-refractivity contribution in [1.82, 2.24) is 10.2 Å². The second-order valence-corrected chi connectivity index (χ2v) is 7.14. The van der Waals surface area contributed by atoms with Crippen LogP contribution in [0.2, 0.25) is 0 Å². The number of likely N-dealkylation sites (tertiary alicyclic amines) is 1. The third kappa shape index (κ3) is 4.97. The lowest BCUT2D eigenvalue weighted by atomic mass is 9.93. The van der Waals surface area contributed by atoms with E-state index in [4.69, 9.17) is 0 Å². The van der Waals surface area contributed by atoms with E-state index < -0.39 is 12.0 Å². The van der Waals surface area contributed by atoms with Gasteiger partial charge in [0.25, 0.3) is 0 Å². The number of carboxylic acids is 1. The molecule has 0 spiro atoms. The van der Waals surface area contributed by atoms with Gasteiger partial charge in [-0.05, 0) is 37.1 Å². The van der Waals surface area contributed by atoms with Gasteiger partial charge in [0.1, 0.15) is 6.04 Å². The van der Waals surface area contributed by atoms with Crippen molar-refractivity contribution in [1.29, 1.82) is 0 Å². The van der Waals surface area contributed by atoms with Crippen molar-refractivity contribution in [2.24, 2.45) is 17.8 Å². The summed E-state index contributed by atoms with van der Waals surface area (Å²) in [5.41, 5.74) is 0. The van der Waals surface area contributed by atoms with Gasteiger partial charge >= 0.3 is 5.97 Å². The fourth-order valence-electron chi connectivity index (χ4n) is 3.29. The minimum atomic E-state index is -0.947. The van der Waals surface area contributed by atoms with E-state index in [-0.39, 0.29) is 23.8 Å². The van der Waals surface area contributed by atoms with Crippen molar-refractivity contribution >= 4 is 11.9 Å². The quantitative estimate of drug-likeness (QED) is 0.757. The van der Waals surface area contributed by atoms with Gasteiger partial charge in [0.15, 0.2) is 0 Å². The number of carboxylic acid groups (broad SMARTS) is 1. The molecular weight excluding hydrogens is 280 g/mol. The maximum atomic E-state index is 12.7. The van der Waals surface area contributed by atoms with Crippen LogP contribution < -0.4 is 5.32 Å². The second-order valence-electron chi connectivity index (χ2n) is 7.14. The van der Waals surface area contributed by atoms with Crippen molar-refractivity contribution in [3.63, 3.8) is 0 Å². The summed E-state index contributed by atoms with van der Waals surface area (Å²) < 4.78 is 0. The Kier molecular flexibility index (Phi) is 7.33. The summed E-state index contributed by atoms with van der Waals surface area (Å²) in [5, 5.41) is 12.1. The van der Waals surface area contributed by atoms with Gasteiger partial charge < -0.3 is 10.4 Å². The summed E-state index contributed by atoms with van der Waals surface area (Å²) in [6.45, 7) is 11.9. The molecule has 4 atom stereocenters. The van der Waals surface area contributed by atoms with E-state index in [1.807, 2.05) is 27.7 Å². The summed E-state index contributed by atoms with van der Waals surface area (Å²) in [7, 11) is 0. The van der Waals surface area contributed by atoms with E-state index in [1.165, 1.54) is 6.42 Å². The van der Waals surface area contributed by atoms with Crippen LogP contribution in [0.5, 0.6) is 0 Å². The number of amides is 1. The van der Waals surface area contributed by atoms with Crippen LogP contribution in [0.25, 0.3) is 0 Å². The topological polar surface area (TPSA) is 69.6 Å². The number of nitrogens with zero attached hydrogens (tertiary/aromatic N) is 1. The van der Waals surface area contributed by atoms with Crippen LogP contribution in [0.4, 0.5) is 0 Å². The first-order chi connectivity index (χ1) is 10.3. The van der Waals surface area contributed by atoms with Gasteiger partial charge in [-0.2, -0.15) is 0 Å². The highest BCUT2D eigenvalue weighted by atomic mass is 16.4. The number of nitrogens with one attached hydrogen (secondary N) is 1. The Morgan fingerprint density at radius 2 is 1.95 bits per heavy atom. The molecule has 0 radical (unpaired) electrons. The maximum absolute atomic E-state index is 12.7. The zero-order valence-electron chi connectivity index (χ0n) is 14.6. The number of hydrogen-bond donors (Lipinski definition) is 2. The van der Waals surface area contributed by atoms with Crippen molar-refractivity contribution in [2.75, 3.05) is 13.1 Å². The maximum Gasteiger partial charge on any atom is 0.326 e. The monoisotopic (exact) mass is 312 g/mol. The molecule has 1 heterocycles. The Morgan fingerprint density at radius 3 is 2.41 bits per heavy atom. The Bertz CT molecular complexity index is 384. The van der Waals surface area contributed by atoms with Crippen LogP contribution in [0, 0.1) is 17.8 Å². The number of carbonyl (C=O) groups excluding carboxylic acids is 1. The number of carbonyl (C=O) groups is 2. The summed E-state index contributed by atoms with van der Waals surface area (Å²) in [4.78, 5) is 26.4. The van der Waals surface area contributed by atoms with E-state index in [0.717, 1.165) is 25.9 Å². The molecule has 0 aromatic rings. The summed E-state index contributed by atoms with van der Waals surface area (Å²) in [6.07, 6.45) is 3.03. The predicted octanol–water partition coefficient (Wildman–Crippen LogP) is 2.36. The molecule has 1 saturated heterocycles. The normalized spacial score (nSPS) is 23.8. The molecule has 5 heteroatoms. The third-order valence-corrected chi connectivity index (χ3v) is 4.76.